The van der Waals surface area contributed by atoms with E-state index in [0.29, 0.717) is 12.0 Å². The molecular weight excluding hydrogens is 524 g/mol. The van der Waals surface area contributed by atoms with Gasteiger partial charge in [-0.2, -0.15) is 0 Å². The maximum atomic E-state index is 10.1. The zero-order chi connectivity index (χ0) is 35.4. The molecule has 0 aromatic carbocycles. The molecule has 238 valence electrons. The van der Waals surface area contributed by atoms with Gasteiger partial charge in [0.25, 0.3) is 0 Å². The molecule has 5 nitrogen and oxygen atoms in total. The summed E-state index contributed by atoms with van der Waals surface area (Å²) in [5, 5.41) is 0. The van der Waals surface area contributed by atoms with Crippen LogP contribution in [0, 0.1) is 36.5 Å². The second-order valence-electron chi connectivity index (χ2n) is 7.06. The Balaban J connectivity index is -0.0000000529. The van der Waals surface area contributed by atoms with Gasteiger partial charge in [-0.25, -0.2) is 0 Å². The van der Waals surface area contributed by atoms with Gasteiger partial charge in [-0.15, -0.1) is 31.9 Å². The van der Waals surface area contributed by atoms with Crippen LogP contribution in [-0.4, -0.2) is 31.3 Å². The first-order valence-corrected chi connectivity index (χ1v) is 13.5. The first-order valence-electron chi connectivity index (χ1n) is 13.5. The van der Waals surface area contributed by atoms with Gasteiger partial charge in [-0.1, -0.05) is 84.9 Å². The molecule has 42 heavy (non-hydrogen) atoms. The smallest absolute Gasteiger partial charge is 0.309 e. The highest BCUT2D eigenvalue weighted by Gasteiger charge is 2.07. The van der Waals surface area contributed by atoms with Gasteiger partial charge in [0.2, 0.25) is 0 Å². The highest BCUT2D eigenvalue weighted by molar-refractivity contribution is 5.91. The fourth-order valence-electron chi connectivity index (χ4n) is 0.812. The third-order valence-electron chi connectivity index (χ3n) is 3.20. The van der Waals surface area contributed by atoms with E-state index < -0.39 is 0 Å². The summed E-state index contributed by atoms with van der Waals surface area (Å²) < 4.78 is 9.25. The van der Waals surface area contributed by atoms with Crippen LogP contribution in [0.5, 0.6) is 0 Å². The number of unbranched alkanes of at least 4 members (excludes halogenated alkanes) is 1. The number of hydrogen-bond acceptors (Lipinski definition) is 5. The largest absolute Gasteiger partial charge is 0.494 e. The van der Waals surface area contributed by atoms with Crippen LogP contribution in [0.3, 0.4) is 0 Å². The molecule has 0 aliphatic carbocycles. The number of terminal acetylenes is 2. The molecular formula is C37H60O5. The highest BCUT2D eigenvalue weighted by atomic mass is 16.5. The van der Waals surface area contributed by atoms with Gasteiger partial charge in [0.15, 0.2) is 11.6 Å². The van der Waals surface area contributed by atoms with Crippen molar-refractivity contribution in [2.75, 3.05) is 13.7 Å². The van der Waals surface area contributed by atoms with Gasteiger partial charge in [-0.05, 0) is 70.6 Å². The van der Waals surface area contributed by atoms with Gasteiger partial charge in [0, 0.05) is 6.42 Å². The monoisotopic (exact) mass is 584 g/mol. The van der Waals surface area contributed by atoms with Gasteiger partial charge >= 0.3 is 5.97 Å². The molecule has 1 heterocycles. The number of ether oxygens (including phenoxy) is 2. The Hall–Kier alpha value is -4.27. The summed E-state index contributed by atoms with van der Waals surface area (Å²) in [7, 11) is 1.35. The number of allylic oxidation sites excluding steroid dienone is 4. The quantitative estimate of drug-likeness (QED) is 0.139. The Morgan fingerprint density at radius 3 is 1.40 bits per heavy atom. The van der Waals surface area contributed by atoms with Crippen molar-refractivity contribution in [1.29, 1.82) is 0 Å². The van der Waals surface area contributed by atoms with Gasteiger partial charge in [0.05, 0.1) is 20.1 Å². The van der Waals surface area contributed by atoms with Crippen LogP contribution in [0.1, 0.15) is 94.9 Å². The summed E-state index contributed by atoms with van der Waals surface area (Å²) in [6.45, 7) is 39.7. The predicted molar refractivity (Wildman–Crippen MR) is 187 cm³/mol. The van der Waals surface area contributed by atoms with E-state index in [4.69, 9.17) is 11.2 Å². The molecule has 1 aliphatic rings. The van der Waals surface area contributed by atoms with Crippen LogP contribution in [0.15, 0.2) is 74.6 Å². The molecule has 0 unspecified atom stereocenters. The number of esters is 1. The normalized spacial score (nSPS) is 8.21. The number of carbonyl (C=O) groups is 3. The Morgan fingerprint density at radius 2 is 1.36 bits per heavy atom. The van der Waals surface area contributed by atoms with Crippen LogP contribution in [0.4, 0.5) is 0 Å². The Bertz CT molecular complexity index is 835. The van der Waals surface area contributed by atoms with Crippen molar-refractivity contribution in [2.45, 2.75) is 94.9 Å². The van der Waals surface area contributed by atoms with E-state index in [9.17, 15) is 14.4 Å². The van der Waals surface area contributed by atoms with Crippen molar-refractivity contribution in [3.8, 4) is 36.5 Å². The highest BCUT2D eigenvalue weighted by Crippen LogP contribution is 2.18. The first-order chi connectivity index (χ1) is 19.7. The van der Waals surface area contributed by atoms with E-state index >= 15 is 0 Å². The molecule has 0 radical (unpaired) electrons. The molecule has 5 heteroatoms. The molecule has 0 saturated carbocycles. The fourth-order valence-corrected chi connectivity index (χ4v) is 0.812. The lowest BCUT2D eigenvalue weighted by Gasteiger charge is -1.90. The van der Waals surface area contributed by atoms with E-state index in [-0.39, 0.29) is 17.5 Å². The van der Waals surface area contributed by atoms with Crippen molar-refractivity contribution in [2.24, 2.45) is 0 Å². The summed E-state index contributed by atoms with van der Waals surface area (Å²) in [6.07, 6.45) is 17.7. The topological polar surface area (TPSA) is 69.7 Å². The van der Waals surface area contributed by atoms with Crippen molar-refractivity contribution < 1.29 is 23.9 Å². The molecule has 0 atom stereocenters. The van der Waals surface area contributed by atoms with Crippen molar-refractivity contribution in [3.05, 3.63) is 74.6 Å². The molecule has 1 rings (SSSR count). The molecule has 0 bridgehead atoms. The minimum Gasteiger partial charge on any atom is -0.494 e. The summed E-state index contributed by atoms with van der Waals surface area (Å²) in [5.41, 5.74) is 1.66. The molecule has 0 amide bonds. The van der Waals surface area contributed by atoms with Crippen LogP contribution in [0.25, 0.3) is 0 Å². The van der Waals surface area contributed by atoms with Crippen LogP contribution < -0.4 is 0 Å². The van der Waals surface area contributed by atoms with E-state index in [2.05, 4.69) is 88.2 Å². The lowest BCUT2D eigenvalue weighted by Crippen LogP contribution is -1.95. The summed E-state index contributed by atoms with van der Waals surface area (Å²) in [6, 6.07) is 0. The lowest BCUT2D eigenvalue weighted by molar-refractivity contribution is -0.139. The zero-order valence-corrected chi connectivity index (χ0v) is 28.7. The van der Waals surface area contributed by atoms with Crippen LogP contribution in [0.2, 0.25) is 0 Å². The number of hydrogen-bond donors (Lipinski definition) is 0. The molecule has 0 spiro atoms. The molecule has 1 saturated heterocycles. The average Bonchev–Trinajstić information content (AvgIpc) is 3.34. The van der Waals surface area contributed by atoms with Gasteiger partial charge in [-0.3, -0.25) is 14.4 Å². The second-order valence-corrected chi connectivity index (χ2v) is 7.06. The SMILES string of the molecule is C#CC.C#CC#CC.C=C(C)C(C)=O.C=C1CCOC1=C.C=CC.C=CC(C)=O.C=CCC(=O)OC.CC.CCCC. The van der Waals surface area contributed by atoms with E-state index in [1.54, 1.807) is 26.8 Å². The summed E-state index contributed by atoms with van der Waals surface area (Å²) in [4.78, 5) is 29.9. The van der Waals surface area contributed by atoms with Gasteiger partial charge < -0.3 is 9.47 Å². The molecule has 1 aliphatic heterocycles. The van der Waals surface area contributed by atoms with Crippen molar-refractivity contribution in [3.63, 3.8) is 0 Å². The molecule has 0 aromatic rings. The Kier molecular flexibility index (Phi) is 83.6. The van der Waals surface area contributed by atoms with Crippen molar-refractivity contribution in [1.82, 2.24) is 0 Å². The minimum absolute atomic E-state index is 0.0185. The maximum Gasteiger partial charge on any atom is 0.309 e. The number of methoxy groups -OCH3 is 1. The molecule has 0 N–H and O–H groups in total. The second kappa shape index (κ2) is 61.0. The standard InChI is InChI=1S/C6H8O.C5H8O2.C5H8O.C5H4.C4H6O.C4H10.C3H6.C3H4.C2H6/c1-5-3-4-7-6(5)2;1-3-4-5(6)7-2;1-4(2)5(3)6;1-3-5-4-2;1-3-4(2)5;1-3-4-2;2*1-3-2;1-2/h1-4H2;3H,1,4H2,2H3;1H2,2-3H3;1H,2H3;3H,1H2,2H3;3-4H2,1-2H3;3H,1H2,2H3;1H,2H3;1-2H3. The zero-order valence-electron chi connectivity index (χ0n) is 28.7. The third kappa shape index (κ3) is 111. The Labute approximate surface area is 260 Å². The minimum atomic E-state index is -0.241. The number of rotatable bonds is 5. The number of carbonyl (C=O) groups excluding carboxylic acids is 3. The van der Waals surface area contributed by atoms with E-state index in [1.807, 2.05) is 20.8 Å². The van der Waals surface area contributed by atoms with Crippen molar-refractivity contribution >= 4 is 17.5 Å². The van der Waals surface area contributed by atoms with Gasteiger partial charge in [0.1, 0.15) is 5.76 Å². The lowest BCUT2D eigenvalue weighted by atomic mass is 10.2. The summed E-state index contributed by atoms with van der Waals surface area (Å²) in [5.74, 6) is 9.93. The molecule has 1 fully saturated rings. The fraction of sp³-hybridized carbons (Fsp3) is 0.432. The number of Topliss-reactive ketones (excluding diaryl/α,β-unsaturated/α-hetero) is 1. The predicted octanol–water partition coefficient (Wildman–Crippen LogP) is 9.43. The maximum absolute atomic E-state index is 10.1. The van der Waals surface area contributed by atoms with Crippen LogP contribution >= 0.6 is 0 Å². The summed E-state index contributed by atoms with van der Waals surface area (Å²) >= 11 is 0. The van der Waals surface area contributed by atoms with Crippen LogP contribution in [-0.2, 0) is 23.9 Å². The number of ketones is 2. The average molecular weight is 585 g/mol. The first kappa shape index (κ1) is 57.6. The third-order valence-corrected chi connectivity index (χ3v) is 3.20. The molecule has 0 aromatic heterocycles. The Morgan fingerprint density at radius 1 is 1.00 bits per heavy atom. The van der Waals surface area contributed by atoms with E-state index in [0.717, 1.165) is 24.4 Å². The van der Waals surface area contributed by atoms with E-state index in [1.165, 1.54) is 46.0 Å².